The third-order valence-electron chi connectivity index (χ3n) is 1.95. The second kappa shape index (κ2) is 4.97. The molecule has 0 atom stereocenters. The van der Waals surface area contributed by atoms with Gasteiger partial charge in [-0.1, -0.05) is 12.2 Å². The Morgan fingerprint density at radius 3 is 2.26 bits per heavy atom. The number of benzene rings is 1. The minimum Gasteiger partial charge on any atom is -0.424 e. The first-order valence-corrected chi connectivity index (χ1v) is 4.97. The molecule has 1 aromatic rings. The van der Waals surface area contributed by atoms with Crippen molar-refractivity contribution in [3.8, 4) is 11.8 Å². The summed E-state index contributed by atoms with van der Waals surface area (Å²) in [5.74, 6) is -0.912. The molecular formula is C10H5F5N2OS. The SMILES string of the molecule is N#Cc1cc(C(N)=S)ccc1OC(F)(F)C(F)(F)F. The van der Waals surface area contributed by atoms with Crippen molar-refractivity contribution < 1.29 is 26.7 Å². The summed E-state index contributed by atoms with van der Waals surface area (Å²) < 4.78 is 64.8. The second-order valence-electron chi connectivity index (χ2n) is 3.30. The third kappa shape index (κ3) is 3.29. The van der Waals surface area contributed by atoms with Gasteiger partial charge >= 0.3 is 12.3 Å². The molecule has 0 aliphatic rings. The smallest absolute Gasteiger partial charge is 0.424 e. The summed E-state index contributed by atoms with van der Waals surface area (Å²) in [5, 5.41) is 8.68. The highest BCUT2D eigenvalue weighted by Gasteiger charge is 2.61. The van der Waals surface area contributed by atoms with Gasteiger partial charge < -0.3 is 10.5 Å². The van der Waals surface area contributed by atoms with Crippen LogP contribution in [0.4, 0.5) is 22.0 Å². The van der Waals surface area contributed by atoms with E-state index in [0.717, 1.165) is 18.2 Å². The van der Waals surface area contributed by atoms with Crippen molar-refractivity contribution in [2.75, 3.05) is 0 Å². The van der Waals surface area contributed by atoms with Crippen LogP contribution in [0.25, 0.3) is 0 Å². The highest BCUT2D eigenvalue weighted by molar-refractivity contribution is 7.80. The van der Waals surface area contributed by atoms with E-state index in [0.29, 0.717) is 0 Å². The molecule has 9 heteroatoms. The number of halogens is 5. The van der Waals surface area contributed by atoms with Crippen LogP contribution in [0.1, 0.15) is 11.1 Å². The van der Waals surface area contributed by atoms with Gasteiger partial charge in [0.1, 0.15) is 16.8 Å². The van der Waals surface area contributed by atoms with Crippen molar-refractivity contribution in [1.29, 1.82) is 5.26 Å². The van der Waals surface area contributed by atoms with Crippen molar-refractivity contribution in [2.45, 2.75) is 12.3 Å². The number of nitrogens with two attached hydrogens (primary N) is 1. The van der Waals surface area contributed by atoms with Crippen LogP contribution >= 0.6 is 12.2 Å². The summed E-state index contributed by atoms with van der Waals surface area (Å²) in [6.07, 6.45) is -11.3. The molecule has 0 amide bonds. The Kier molecular flexibility index (Phi) is 3.95. The van der Waals surface area contributed by atoms with Crippen LogP contribution in [0.5, 0.6) is 5.75 Å². The summed E-state index contributed by atoms with van der Waals surface area (Å²) in [5.41, 5.74) is 4.85. The van der Waals surface area contributed by atoms with E-state index < -0.39 is 23.6 Å². The Hall–Kier alpha value is -1.95. The van der Waals surface area contributed by atoms with E-state index >= 15 is 0 Å². The van der Waals surface area contributed by atoms with Gasteiger partial charge in [-0.25, -0.2) is 0 Å². The minimum absolute atomic E-state index is 0.134. The monoisotopic (exact) mass is 296 g/mol. The van der Waals surface area contributed by atoms with E-state index in [1.807, 2.05) is 0 Å². The zero-order chi connectivity index (χ0) is 14.8. The average molecular weight is 296 g/mol. The Balaban J connectivity index is 3.17. The van der Waals surface area contributed by atoms with E-state index in [4.69, 9.17) is 11.0 Å². The van der Waals surface area contributed by atoms with E-state index in [1.165, 1.54) is 6.07 Å². The molecule has 0 aliphatic heterocycles. The van der Waals surface area contributed by atoms with Gasteiger partial charge in [-0.3, -0.25) is 0 Å². The number of thiocarbonyl (C=S) groups is 1. The van der Waals surface area contributed by atoms with Gasteiger partial charge in [0.25, 0.3) is 0 Å². The molecule has 0 heterocycles. The summed E-state index contributed by atoms with van der Waals surface area (Å²) in [6.45, 7) is 0. The maximum Gasteiger partial charge on any atom is 0.499 e. The first kappa shape index (κ1) is 15.1. The first-order valence-electron chi connectivity index (χ1n) is 4.56. The molecule has 0 saturated carbocycles. The molecule has 0 bridgehead atoms. The number of hydrogen-bond donors (Lipinski definition) is 1. The predicted octanol–water partition coefficient (Wildman–Crippen LogP) is 2.73. The zero-order valence-corrected chi connectivity index (χ0v) is 9.78. The molecule has 3 nitrogen and oxygen atoms in total. The fourth-order valence-corrected chi connectivity index (χ4v) is 1.18. The van der Waals surface area contributed by atoms with Crippen LogP contribution in [-0.2, 0) is 0 Å². The predicted molar refractivity (Wildman–Crippen MR) is 58.7 cm³/mol. The molecule has 19 heavy (non-hydrogen) atoms. The molecule has 0 unspecified atom stereocenters. The standard InChI is InChI=1S/C10H5F5N2OS/c11-9(12,13)10(14,15)18-7-2-1-5(8(17)19)3-6(7)4-16/h1-3H,(H2,17,19). The average Bonchev–Trinajstić information content (AvgIpc) is 2.27. The maximum atomic E-state index is 12.7. The summed E-state index contributed by atoms with van der Waals surface area (Å²) in [6, 6.07) is 4.23. The molecular weight excluding hydrogens is 291 g/mol. The van der Waals surface area contributed by atoms with E-state index in [2.05, 4.69) is 17.0 Å². The molecule has 2 N–H and O–H groups in total. The molecule has 0 aliphatic carbocycles. The van der Waals surface area contributed by atoms with Crippen molar-refractivity contribution >= 4 is 17.2 Å². The largest absolute Gasteiger partial charge is 0.499 e. The van der Waals surface area contributed by atoms with Crippen LogP contribution in [0, 0.1) is 11.3 Å². The van der Waals surface area contributed by atoms with Gasteiger partial charge in [0.2, 0.25) is 0 Å². The Bertz CT molecular complexity index is 550. The van der Waals surface area contributed by atoms with Gasteiger partial charge in [0.15, 0.2) is 0 Å². The molecule has 0 fully saturated rings. The number of rotatable bonds is 3. The van der Waals surface area contributed by atoms with Gasteiger partial charge in [-0.2, -0.15) is 27.2 Å². The van der Waals surface area contributed by atoms with Crippen LogP contribution in [0.15, 0.2) is 18.2 Å². The van der Waals surface area contributed by atoms with E-state index in [1.54, 1.807) is 0 Å². The topological polar surface area (TPSA) is 59.0 Å². The quantitative estimate of drug-likeness (QED) is 0.688. The van der Waals surface area contributed by atoms with E-state index in [-0.39, 0.29) is 10.6 Å². The number of hydrogen-bond acceptors (Lipinski definition) is 3. The lowest BCUT2D eigenvalue weighted by atomic mass is 10.1. The highest BCUT2D eigenvalue weighted by atomic mass is 32.1. The fourth-order valence-electron chi connectivity index (χ4n) is 1.06. The van der Waals surface area contributed by atoms with Crippen molar-refractivity contribution in [3.63, 3.8) is 0 Å². The normalized spacial score (nSPS) is 11.8. The Labute approximate surface area is 109 Å². The second-order valence-corrected chi connectivity index (χ2v) is 3.74. The zero-order valence-electron chi connectivity index (χ0n) is 8.96. The molecule has 0 spiro atoms. The lowest BCUT2D eigenvalue weighted by Crippen LogP contribution is -2.42. The molecule has 1 aromatic carbocycles. The van der Waals surface area contributed by atoms with Crippen LogP contribution in [-0.4, -0.2) is 17.3 Å². The highest BCUT2D eigenvalue weighted by Crippen LogP contribution is 2.38. The summed E-state index contributed by atoms with van der Waals surface area (Å²) >= 11 is 4.58. The van der Waals surface area contributed by atoms with Crippen molar-refractivity contribution in [3.05, 3.63) is 29.3 Å². The van der Waals surface area contributed by atoms with Gasteiger partial charge in [-0.05, 0) is 18.2 Å². The minimum atomic E-state index is -5.89. The number of alkyl halides is 5. The Morgan fingerprint density at radius 1 is 1.26 bits per heavy atom. The van der Waals surface area contributed by atoms with Crippen LogP contribution in [0.2, 0.25) is 0 Å². The maximum absolute atomic E-state index is 12.7. The van der Waals surface area contributed by atoms with Gasteiger partial charge in [-0.15, -0.1) is 0 Å². The number of nitrogens with zero attached hydrogens (tertiary/aromatic N) is 1. The lowest BCUT2D eigenvalue weighted by Gasteiger charge is -2.20. The fraction of sp³-hybridized carbons (Fsp3) is 0.200. The number of ether oxygens (including phenoxy) is 1. The molecule has 0 saturated heterocycles. The van der Waals surface area contributed by atoms with Crippen LogP contribution in [0.3, 0.4) is 0 Å². The molecule has 0 aromatic heterocycles. The molecule has 1 rings (SSSR count). The lowest BCUT2D eigenvalue weighted by molar-refractivity contribution is -0.360. The van der Waals surface area contributed by atoms with Crippen molar-refractivity contribution in [2.24, 2.45) is 5.73 Å². The third-order valence-corrected chi connectivity index (χ3v) is 2.19. The Morgan fingerprint density at radius 2 is 1.84 bits per heavy atom. The van der Waals surface area contributed by atoms with Crippen LogP contribution < -0.4 is 10.5 Å². The summed E-state index contributed by atoms with van der Waals surface area (Å²) in [4.78, 5) is -0.134. The van der Waals surface area contributed by atoms with Crippen molar-refractivity contribution in [1.82, 2.24) is 0 Å². The first-order chi connectivity index (χ1) is 8.58. The summed E-state index contributed by atoms with van der Waals surface area (Å²) in [7, 11) is 0. The van der Waals surface area contributed by atoms with Gasteiger partial charge in [0, 0.05) is 5.56 Å². The molecule has 0 radical (unpaired) electrons. The number of nitriles is 1. The van der Waals surface area contributed by atoms with E-state index in [9.17, 15) is 22.0 Å². The van der Waals surface area contributed by atoms with Gasteiger partial charge in [0.05, 0.1) is 5.56 Å². The molecule has 102 valence electrons.